The van der Waals surface area contributed by atoms with Gasteiger partial charge in [0.2, 0.25) is 0 Å². The van der Waals surface area contributed by atoms with E-state index in [9.17, 15) is 13.2 Å². The van der Waals surface area contributed by atoms with Crippen LogP contribution in [0.1, 0.15) is 38.1 Å². The van der Waals surface area contributed by atoms with Crippen LogP contribution in [0.4, 0.5) is 13.2 Å². The summed E-state index contributed by atoms with van der Waals surface area (Å²) in [6.45, 7) is 6.00. The van der Waals surface area contributed by atoms with Crippen LogP contribution < -0.4 is 5.32 Å². The molecule has 0 aliphatic rings. The van der Waals surface area contributed by atoms with Crippen LogP contribution >= 0.6 is 0 Å². The van der Waals surface area contributed by atoms with E-state index in [1.807, 2.05) is 27.8 Å². The maximum atomic E-state index is 12.4. The van der Waals surface area contributed by atoms with Gasteiger partial charge in [0.1, 0.15) is 0 Å². The fraction of sp³-hybridized carbons (Fsp3) is 0.667. The number of likely N-dealkylation sites (N-methyl/N-ethyl adjacent to an activating group) is 1. The van der Waals surface area contributed by atoms with Gasteiger partial charge in [0, 0.05) is 12.0 Å². The predicted molar refractivity (Wildman–Crippen MR) is 63.1 cm³/mol. The van der Waals surface area contributed by atoms with E-state index in [1.54, 1.807) is 0 Å². The maximum Gasteiger partial charge on any atom is 0.435 e. The van der Waals surface area contributed by atoms with E-state index >= 15 is 0 Å². The van der Waals surface area contributed by atoms with Crippen molar-refractivity contribution in [3.05, 3.63) is 23.5 Å². The molecule has 0 bridgehead atoms. The summed E-state index contributed by atoms with van der Waals surface area (Å²) in [4.78, 5) is 0. The minimum absolute atomic E-state index is 0.0322. The summed E-state index contributed by atoms with van der Waals surface area (Å²) < 4.78 is 37.2. The molecule has 1 N–H and O–H groups in total. The first-order valence-electron chi connectivity index (χ1n) is 5.85. The van der Waals surface area contributed by atoms with Gasteiger partial charge in [-0.1, -0.05) is 13.8 Å². The minimum atomic E-state index is -4.44. The van der Waals surface area contributed by atoms with Crippen LogP contribution in [-0.4, -0.2) is 23.3 Å². The molecule has 0 aliphatic carbocycles. The monoisotopic (exact) mass is 261 g/mol. The molecule has 0 saturated heterocycles. The molecule has 2 atom stereocenters. The lowest BCUT2D eigenvalue weighted by molar-refractivity contribution is -0.141. The van der Waals surface area contributed by atoms with Gasteiger partial charge in [0.15, 0.2) is 5.69 Å². The molecule has 1 rings (SSSR count). The highest BCUT2D eigenvalue weighted by Gasteiger charge is 2.33. The predicted octanol–water partition coefficient (Wildman–Crippen LogP) is 2.84. The van der Waals surface area contributed by atoms with Gasteiger partial charge in [-0.3, -0.25) is 0 Å². The van der Waals surface area contributed by atoms with Gasteiger partial charge in [-0.15, -0.1) is 5.10 Å². The smallest absolute Gasteiger partial charge is 0.317 e. The van der Waals surface area contributed by atoms with Crippen molar-refractivity contribution in [3.63, 3.8) is 0 Å². The zero-order valence-corrected chi connectivity index (χ0v) is 10.9. The summed E-state index contributed by atoms with van der Waals surface area (Å²) in [6, 6.07) is 2.52. The summed E-state index contributed by atoms with van der Waals surface area (Å²) in [5, 5.41) is 10.1. The molecule has 0 radical (unpaired) electrons. The molecule has 0 fully saturated rings. The molecule has 0 aliphatic heterocycles. The van der Waals surface area contributed by atoms with E-state index in [1.165, 1.54) is 6.07 Å². The van der Waals surface area contributed by atoms with Gasteiger partial charge in [0.25, 0.3) is 0 Å². The van der Waals surface area contributed by atoms with Gasteiger partial charge >= 0.3 is 6.18 Å². The average molecular weight is 261 g/mol. The number of rotatable bonds is 4. The molecule has 1 aromatic heterocycles. The number of nitrogens with one attached hydrogen (secondary N) is 1. The van der Waals surface area contributed by atoms with Gasteiger partial charge in [-0.05, 0) is 32.0 Å². The molecule has 0 amide bonds. The van der Waals surface area contributed by atoms with E-state index in [0.29, 0.717) is 5.69 Å². The highest BCUT2D eigenvalue weighted by atomic mass is 19.4. The Kier molecular flexibility index (Phi) is 4.67. The Morgan fingerprint density at radius 1 is 1.11 bits per heavy atom. The third-order valence-electron chi connectivity index (χ3n) is 3.03. The lowest BCUT2D eigenvalue weighted by atomic mass is 9.86. The van der Waals surface area contributed by atoms with E-state index in [0.717, 1.165) is 6.07 Å². The van der Waals surface area contributed by atoms with Crippen molar-refractivity contribution in [2.45, 2.75) is 38.9 Å². The second kappa shape index (κ2) is 5.65. The molecule has 102 valence electrons. The first-order valence-corrected chi connectivity index (χ1v) is 5.85. The van der Waals surface area contributed by atoms with Crippen LogP contribution in [0.3, 0.4) is 0 Å². The van der Waals surface area contributed by atoms with Gasteiger partial charge in [-0.2, -0.15) is 18.3 Å². The Hall–Kier alpha value is -1.17. The standard InChI is InChI=1S/C12H18F3N3/c1-7(2)11(8(3)16-4)9-5-6-10(18-17-9)12(13,14)15/h5-8,11,16H,1-4H3. The molecule has 1 aromatic rings. The molecule has 0 aromatic carbocycles. The van der Waals surface area contributed by atoms with Crippen LogP contribution in [0.25, 0.3) is 0 Å². The molecule has 6 heteroatoms. The summed E-state index contributed by atoms with van der Waals surface area (Å²) in [5.74, 6) is 0.295. The summed E-state index contributed by atoms with van der Waals surface area (Å²) >= 11 is 0. The lowest BCUT2D eigenvalue weighted by Gasteiger charge is -2.26. The Bertz CT molecular complexity index is 373. The van der Waals surface area contributed by atoms with Crippen molar-refractivity contribution in [1.29, 1.82) is 0 Å². The van der Waals surface area contributed by atoms with Gasteiger partial charge < -0.3 is 5.32 Å². The topological polar surface area (TPSA) is 37.8 Å². The van der Waals surface area contributed by atoms with E-state index in [-0.39, 0.29) is 17.9 Å². The zero-order valence-electron chi connectivity index (χ0n) is 10.9. The van der Waals surface area contributed by atoms with Crippen LogP contribution in [0.5, 0.6) is 0 Å². The number of nitrogens with zero attached hydrogens (tertiary/aromatic N) is 2. The summed E-state index contributed by atoms with van der Waals surface area (Å²) in [7, 11) is 1.82. The molecule has 0 saturated carbocycles. The zero-order chi connectivity index (χ0) is 13.9. The van der Waals surface area contributed by atoms with Crippen LogP contribution in [0.15, 0.2) is 12.1 Å². The second-order valence-electron chi connectivity index (χ2n) is 4.69. The third-order valence-corrected chi connectivity index (χ3v) is 3.03. The summed E-state index contributed by atoms with van der Waals surface area (Å²) in [5.41, 5.74) is -0.370. The molecule has 0 spiro atoms. The minimum Gasteiger partial charge on any atom is -0.317 e. The Morgan fingerprint density at radius 2 is 1.72 bits per heavy atom. The van der Waals surface area contributed by atoms with Crippen LogP contribution in [0.2, 0.25) is 0 Å². The Morgan fingerprint density at radius 3 is 2.06 bits per heavy atom. The van der Waals surface area contributed by atoms with E-state index < -0.39 is 11.9 Å². The fourth-order valence-electron chi connectivity index (χ4n) is 2.03. The SMILES string of the molecule is CNC(C)C(c1ccc(C(F)(F)F)nn1)C(C)C. The fourth-order valence-corrected chi connectivity index (χ4v) is 2.03. The Balaban J connectivity index is 3.01. The quantitative estimate of drug-likeness (QED) is 0.905. The molecule has 18 heavy (non-hydrogen) atoms. The summed E-state index contributed by atoms with van der Waals surface area (Å²) in [6.07, 6.45) is -4.44. The molecular weight excluding hydrogens is 243 g/mol. The normalized spacial score (nSPS) is 15.8. The average Bonchev–Trinajstić information content (AvgIpc) is 2.28. The molecule has 2 unspecified atom stereocenters. The lowest BCUT2D eigenvalue weighted by Crippen LogP contribution is -2.32. The number of alkyl halides is 3. The third kappa shape index (κ3) is 3.41. The van der Waals surface area contributed by atoms with E-state index in [4.69, 9.17) is 0 Å². The van der Waals surface area contributed by atoms with Gasteiger partial charge in [-0.25, -0.2) is 0 Å². The number of hydrogen-bond acceptors (Lipinski definition) is 3. The number of hydrogen-bond donors (Lipinski definition) is 1. The first-order chi connectivity index (χ1) is 8.27. The van der Waals surface area contributed by atoms with Crippen molar-refractivity contribution in [3.8, 4) is 0 Å². The molecule has 3 nitrogen and oxygen atoms in total. The van der Waals surface area contributed by atoms with Crippen molar-refractivity contribution in [2.24, 2.45) is 5.92 Å². The van der Waals surface area contributed by atoms with Gasteiger partial charge in [0.05, 0.1) is 5.69 Å². The van der Waals surface area contributed by atoms with Crippen LogP contribution in [-0.2, 0) is 6.18 Å². The van der Waals surface area contributed by atoms with Crippen molar-refractivity contribution in [1.82, 2.24) is 15.5 Å². The molecule has 1 heterocycles. The largest absolute Gasteiger partial charge is 0.435 e. The number of halogens is 3. The van der Waals surface area contributed by atoms with E-state index in [2.05, 4.69) is 15.5 Å². The first kappa shape index (κ1) is 14.9. The van der Waals surface area contributed by atoms with Crippen molar-refractivity contribution >= 4 is 0 Å². The maximum absolute atomic E-state index is 12.4. The van der Waals surface area contributed by atoms with Crippen molar-refractivity contribution < 1.29 is 13.2 Å². The Labute approximate surface area is 105 Å². The highest BCUT2D eigenvalue weighted by Crippen LogP contribution is 2.30. The van der Waals surface area contributed by atoms with Crippen LogP contribution in [0, 0.1) is 5.92 Å². The molecular formula is C12H18F3N3. The number of aromatic nitrogens is 2. The second-order valence-corrected chi connectivity index (χ2v) is 4.69. The highest BCUT2D eigenvalue weighted by molar-refractivity contribution is 5.15. The van der Waals surface area contributed by atoms with Crippen molar-refractivity contribution in [2.75, 3.05) is 7.05 Å².